The topological polar surface area (TPSA) is 0 Å². The van der Waals surface area contributed by atoms with E-state index in [1.807, 2.05) is 0 Å². The van der Waals surface area contributed by atoms with Crippen LogP contribution in [-0.2, 0) is 0 Å². The lowest BCUT2D eigenvalue weighted by atomic mass is 9.76. The van der Waals surface area contributed by atoms with Gasteiger partial charge in [0.25, 0.3) is 0 Å². The Kier molecular flexibility index (Phi) is 6.76. The molecule has 2 rings (SSSR count). The van der Waals surface area contributed by atoms with Crippen LogP contribution in [0.4, 0.5) is 4.39 Å². The summed E-state index contributed by atoms with van der Waals surface area (Å²) in [5.41, 5.74) is 2.87. The molecule has 0 aromatic heterocycles. The Morgan fingerprint density at radius 1 is 1.22 bits per heavy atom. The molecule has 2 heteroatoms. The highest BCUT2D eigenvalue weighted by atomic mass is 32.2. The van der Waals surface area contributed by atoms with Crippen LogP contribution in [0.3, 0.4) is 0 Å². The van der Waals surface area contributed by atoms with Gasteiger partial charge in [-0.25, -0.2) is 4.39 Å². The molecule has 0 amide bonds. The average Bonchev–Trinajstić information content (AvgIpc) is 2.53. The fraction of sp³-hybridized carbons (Fsp3) is 0.619. The van der Waals surface area contributed by atoms with Crippen molar-refractivity contribution in [2.75, 3.05) is 11.5 Å². The lowest BCUT2D eigenvalue weighted by Gasteiger charge is -2.32. The molecular weight excluding hydrogens is 303 g/mol. The zero-order chi connectivity index (χ0) is 16.9. The van der Waals surface area contributed by atoms with Crippen molar-refractivity contribution < 1.29 is 4.39 Å². The van der Waals surface area contributed by atoms with E-state index in [0.717, 1.165) is 12.2 Å². The number of benzene rings is 1. The molecule has 23 heavy (non-hydrogen) atoms. The smallest absolute Gasteiger partial charge is 0.114 e. The van der Waals surface area contributed by atoms with E-state index in [0.29, 0.717) is 17.6 Å². The number of thioether (sulfide) groups is 1. The minimum absolute atomic E-state index is 0.603. The largest absolute Gasteiger partial charge is 0.244 e. The predicted octanol–water partition coefficient (Wildman–Crippen LogP) is 6.86. The molecule has 0 spiro atoms. The SMILES string of the molecule is C=C(CC)c1ccc(C2CCCCC2CSCC(C)(C)F)cc1. The third-order valence-electron chi connectivity index (χ3n) is 4.86. The van der Waals surface area contributed by atoms with Crippen LogP contribution in [0.2, 0.25) is 0 Å². The van der Waals surface area contributed by atoms with Crippen LogP contribution in [0.1, 0.15) is 69.9 Å². The Morgan fingerprint density at radius 3 is 2.48 bits per heavy atom. The van der Waals surface area contributed by atoms with Gasteiger partial charge in [-0.05, 0) is 67.4 Å². The summed E-state index contributed by atoms with van der Waals surface area (Å²) >= 11 is 1.79. The summed E-state index contributed by atoms with van der Waals surface area (Å²) < 4.78 is 13.7. The van der Waals surface area contributed by atoms with Crippen LogP contribution < -0.4 is 0 Å². The molecule has 0 nitrogen and oxygen atoms in total. The van der Waals surface area contributed by atoms with Gasteiger partial charge in [0.05, 0.1) is 0 Å². The maximum atomic E-state index is 13.7. The van der Waals surface area contributed by atoms with Crippen molar-refractivity contribution in [2.24, 2.45) is 5.92 Å². The van der Waals surface area contributed by atoms with Crippen molar-refractivity contribution >= 4 is 17.3 Å². The van der Waals surface area contributed by atoms with Gasteiger partial charge in [-0.15, -0.1) is 0 Å². The lowest BCUT2D eigenvalue weighted by molar-refractivity contribution is 0.252. The third kappa shape index (κ3) is 5.67. The second-order valence-corrected chi connectivity index (χ2v) is 8.49. The summed E-state index contributed by atoms with van der Waals surface area (Å²) in [6, 6.07) is 9.04. The van der Waals surface area contributed by atoms with Crippen LogP contribution >= 0.6 is 11.8 Å². The van der Waals surface area contributed by atoms with Gasteiger partial charge in [-0.3, -0.25) is 0 Å². The highest BCUT2D eigenvalue weighted by molar-refractivity contribution is 7.99. The minimum Gasteiger partial charge on any atom is -0.244 e. The zero-order valence-corrected chi connectivity index (χ0v) is 15.7. The van der Waals surface area contributed by atoms with E-state index in [2.05, 4.69) is 37.8 Å². The molecule has 1 fully saturated rings. The standard InChI is InChI=1S/C21H31FS/c1-5-16(2)17-10-12-18(13-11-17)20-9-7-6-8-19(20)14-23-15-21(3,4)22/h10-13,19-20H,2,5-9,14-15H2,1,3-4H3. The van der Waals surface area contributed by atoms with Crippen molar-refractivity contribution in [2.45, 2.75) is 64.5 Å². The van der Waals surface area contributed by atoms with E-state index in [9.17, 15) is 4.39 Å². The van der Waals surface area contributed by atoms with Crippen molar-refractivity contribution in [3.63, 3.8) is 0 Å². The highest BCUT2D eigenvalue weighted by Gasteiger charge is 2.27. The van der Waals surface area contributed by atoms with E-state index in [-0.39, 0.29) is 0 Å². The first-order chi connectivity index (χ1) is 10.9. The van der Waals surface area contributed by atoms with Gasteiger partial charge < -0.3 is 0 Å². The molecule has 0 radical (unpaired) electrons. The van der Waals surface area contributed by atoms with Crippen LogP contribution in [0.5, 0.6) is 0 Å². The first kappa shape index (κ1) is 18.6. The van der Waals surface area contributed by atoms with Crippen molar-refractivity contribution in [3.05, 3.63) is 42.0 Å². The molecule has 2 atom stereocenters. The van der Waals surface area contributed by atoms with Gasteiger partial charge in [0.1, 0.15) is 5.67 Å². The zero-order valence-electron chi connectivity index (χ0n) is 14.9. The molecule has 1 aliphatic rings. The van der Waals surface area contributed by atoms with Crippen LogP contribution in [-0.4, -0.2) is 17.2 Å². The Balaban J connectivity index is 2.01. The molecule has 0 bridgehead atoms. The van der Waals surface area contributed by atoms with Gasteiger partial charge in [0, 0.05) is 5.75 Å². The van der Waals surface area contributed by atoms with Crippen molar-refractivity contribution in [1.29, 1.82) is 0 Å². The highest BCUT2D eigenvalue weighted by Crippen LogP contribution is 2.40. The maximum absolute atomic E-state index is 13.7. The summed E-state index contributed by atoms with van der Waals surface area (Å²) in [7, 11) is 0. The summed E-state index contributed by atoms with van der Waals surface area (Å²) in [6.07, 6.45) is 6.21. The van der Waals surface area contributed by atoms with Gasteiger partial charge in [0.15, 0.2) is 0 Å². The second-order valence-electron chi connectivity index (χ2n) is 7.46. The van der Waals surface area contributed by atoms with E-state index < -0.39 is 5.67 Å². The molecule has 0 aliphatic heterocycles. The number of rotatable bonds is 7. The molecule has 0 N–H and O–H groups in total. The van der Waals surface area contributed by atoms with Gasteiger partial charge >= 0.3 is 0 Å². The second kappa shape index (κ2) is 8.37. The molecule has 128 valence electrons. The molecule has 1 aliphatic carbocycles. The Morgan fingerprint density at radius 2 is 1.87 bits per heavy atom. The third-order valence-corrected chi connectivity index (χ3v) is 6.41. The molecule has 0 heterocycles. The van der Waals surface area contributed by atoms with E-state index in [4.69, 9.17) is 0 Å². The fourth-order valence-corrected chi connectivity index (χ4v) is 4.77. The monoisotopic (exact) mass is 334 g/mol. The van der Waals surface area contributed by atoms with Gasteiger partial charge in [-0.1, -0.05) is 50.6 Å². The van der Waals surface area contributed by atoms with E-state index in [1.165, 1.54) is 42.4 Å². The summed E-state index contributed by atoms with van der Waals surface area (Å²) in [5, 5.41) is 0. The number of hydrogen-bond acceptors (Lipinski definition) is 1. The Hall–Kier alpha value is -0.760. The minimum atomic E-state index is -1.06. The molecule has 1 saturated carbocycles. The van der Waals surface area contributed by atoms with Gasteiger partial charge in [0.2, 0.25) is 0 Å². The van der Waals surface area contributed by atoms with E-state index in [1.54, 1.807) is 25.6 Å². The molecule has 1 aromatic carbocycles. The molecular formula is C21H31FS. The first-order valence-corrected chi connectivity index (χ1v) is 10.1. The van der Waals surface area contributed by atoms with E-state index >= 15 is 0 Å². The van der Waals surface area contributed by atoms with Crippen LogP contribution in [0.15, 0.2) is 30.8 Å². The van der Waals surface area contributed by atoms with Crippen molar-refractivity contribution in [3.8, 4) is 0 Å². The number of hydrogen-bond donors (Lipinski definition) is 0. The van der Waals surface area contributed by atoms with Crippen LogP contribution in [0.25, 0.3) is 5.57 Å². The number of alkyl halides is 1. The fourth-order valence-electron chi connectivity index (χ4n) is 3.47. The Bertz CT molecular complexity index is 498. The summed E-state index contributed by atoms with van der Waals surface area (Å²) in [4.78, 5) is 0. The number of halogens is 1. The summed E-state index contributed by atoms with van der Waals surface area (Å²) in [6.45, 7) is 9.63. The Labute approximate surface area is 145 Å². The molecule has 1 aromatic rings. The maximum Gasteiger partial charge on any atom is 0.114 e. The number of allylic oxidation sites excluding steroid dienone is 1. The lowest BCUT2D eigenvalue weighted by Crippen LogP contribution is -2.22. The quantitative estimate of drug-likeness (QED) is 0.524. The molecule has 0 saturated heterocycles. The van der Waals surface area contributed by atoms with Crippen LogP contribution in [0, 0.1) is 5.92 Å². The van der Waals surface area contributed by atoms with Gasteiger partial charge in [-0.2, -0.15) is 11.8 Å². The summed E-state index contributed by atoms with van der Waals surface area (Å²) in [5.74, 6) is 3.02. The van der Waals surface area contributed by atoms with Crippen molar-refractivity contribution in [1.82, 2.24) is 0 Å². The molecule has 2 unspecified atom stereocenters. The predicted molar refractivity (Wildman–Crippen MR) is 103 cm³/mol. The normalized spacial score (nSPS) is 22.1. The first-order valence-electron chi connectivity index (χ1n) is 8.95. The average molecular weight is 335 g/mol.